The number of aliphatic hydroxyl groups excluding tert-OH is 1. The van der Waals surface area contributed by atoms with Gasteiger partial charge in [-0.1, -0.05) is 23.7 Å². The van der Waals surface area contributed by atoms with Gasteiger partial charge in [0.15, 0.2) is 0 Å². The zero-order chi connectivity index (χ0) is 14.0. The number of ether oxygens (including phenoxy) is 1. The highest BCUT2D eigenvalue weighted by molar-refractivity contribution is 6.29. The molecule has 3 nitrogen and oxygen atoms in total. The molecule has 2 aromatic rings. The van der Waals surface area contributed by atoms with Gasteiger partial charge in [-0.15, -0.1) is 0 Å². The molecular formula is C15H16ClNO2. The third kappa shape index (κ3) is 2.88. The molecule has 1 heterocycles. The van der Waals surface area contributed by atoms with E-state index in [0.717, 1.165) is 16.7 Å². The Morgan fingerprint density at radius 3 is 2.58 bits per heavy atom. The molecule has 0 spiro atoms. The number of aryl methyl sites for hydroxylation is 2. The Kier molecular flexibility index (Phi) is 4.08. The number of benzene rings is 1. The van der Waals surface area contributed by atoms with Gasteiger partial charge < -0.3 is 9.84 Å². The average molecular weight is 278 g/mol. The number of aliphatic hydroxyl groups is 1. The van der Waals surface area contributed by atoms with Crippen molar-refractivity contribution in [2.24, 2.45) is 0 Å². The molecule has 0 radical (unpaired) electrons. The van der Waals surface area contributed by atoms with Gasteiger partial charge >= 0.3 is 0 Å². The maximum atomic E-state index is 10.5. The molecule has 1 unspecified atom stereocenters. The van der Waals surface area contributed by atoms with Crippen LogP contribution in [0.4, 0.5) is 0 Å². The largest absolute Gasteiger partial charge is 0.496 e. The number of halogens is 1. The van der Waals surface area contributed by atoms with Crippen molar-refractivity contribution < 1.29 is 9.84 Å². The Bertz CT molecular complexity index is 581. The SMILES string of the molecule is COc1cc(C)cc(C)c1C(O)c1ccc(Cl)nc1. The fourth-order valence-electron chi connectivity index (χ4n) is 2.17. The van der Waals surface area contributed by atoms with E-state index in [0.29, 0.717) is 16.5 Å². The fraction of sp³-hybridized carbons (Fsp3) is 0.267. The molecule has 0 aliphatic carbocycles. The highest BCUT2D eigenvalue weighted by atomic mass is 35.5. The van der Waals surface area contributed by atoms with Crippen LogP contribution in [0.2, 0.25) is 5.15 Å². The Hall–Kier alpha value is -1.58. The minimum absolute atomic E-state index is 0.406. The minimum Gasteiger partial charge on any atom is -0.496 e. The van der Waals surface area contributed by atoms with Crippen LogP contribution in [-0.2, 0) is 0 Å². The quantitative estimate of drug-likeness (QED) is 0.874. The molecule has 0 saturated carbocycles. The van der Waals surface area contributed by atoms with Crippen LogP contribution in [0.25, 0.3) is 0 Å². The van der Waals surface area contributed by atoms with Crippen molar-refractivity contribution in [3.05, 3.63) is 57.9 Å². The average Bonchev–Trinajstić information content (AvgIpc) is 2.38. The van der Waals surface area contributed by atoms with E-state index in [9.17, 15) is 5.11 Å². The normalized spacial score (nSPS) is 12.3. The van der Waals surface area contributed by atoms with E-state index in [1.165, 1.54) is 0 Å². The summed E-state index contributed by atoms with van der Waals surface area (Å²) in [6, 6.07) is 7.36. The van der Waals surface area contributed by atoms with Gasteiger partial charge in [-0.3, -0.25) is 0 Å². The van der Waals surface area contributed by atoms with Crippen LogP contribution >= 0.6 is 11.6 Å². The summed E-state index contributed by atoms with van der Waals surface area (Å²) in [5.74, 6) is 0.681. The summed E-state index contributed by atoms with van der Waals surface area (Å²) in [7, 11) is 1.60. The number of aromatic nitrogens is 1. The molecule has 0 fully saturated rings. The predicted octanol–water partition coefficient (Wildman–Crippen LogP) is 3.44. The van der Waals surface area contributed by atoms with Gasteiger partial charge in [0.2, 0.25) is 0 Å². The predicted molar refractivity (Wildman–Crippen MR) is 75.8 cm³/mol. The Labute approximate surface area is 117 Å². The highest BCUT2D eigenvalue weighted by Gasteiger charge is 2.18. The molecule has 0 aliphatic heterocycles. The summed E-state index contributed by atoms with van der Waals surface area (Å²) in [5.41, 5.74) is 3.53. The van der Waals surface area contributed by atoms with E-state index >= 15 is 0 Å². The summed E-state index contributed by atoms with van der Waals surface area (Å²) < 4.78 is 5.37. The maximum absolute atomic E-state index is 10.5. The number of rotatable bonds is 3. The van der Waals surface area contributed by atoms with Crippen LogP contribution in [0.1, 0.15) is 28.4 Å². The van der Waals surface area contributed by atoms with Gasteiger partial charge in [0.05, 0.1) is 7.11 Å². The molecule has 2 rings (SSSR count). The summed E-state index contributed by atoms with van der Waals surface area (Å²) in [6.45, 7) is 3.95. The first kappa shape index (κ1) is 13.8. The van der Waals surface area contributed by atoms with Crippen molar-refractivity contribution in [2.75, 3.05) is 7.11 Å². The first-order valence-electron chi connectivity index (χ1n) is 5.97. The highest BCUT2D eigenvalue weighted by Crippen LogP contribution is 2.33. The number of hydrogen-bond donors (Lipinski definition) is 1. The first-order chi connectivity index (χ1) is 9.02. The van der Waals surface area contributed by atoms with Crippen molar-refractivity contribution in [3.8, 4) is 5.75 Å². The van der Waals surface area contributed by atoms with Crippen LogP contribution < -0.4 is 4.74 Å². The monoisotopic (exact) mass is 277 g/mol. The standard InChI is InChI=1S/C15H16ClNO2/c1-9-6-10(2)14(12(7-9)19-3)15(18)11-4-5-13(16)17-8-11/h4-8,15,18H,1-3H3. The number of methoxy groups -OCH3 is 1. The molecule has 0 saturated heterocycles. The zero-order valence-corrected chi connectivity index (χ0v) is 11.9. The van der Waals surface area contributed by atoms with Gasteiger partial charge in [-0.2, -0.15) is 0 Å². The van der Waals surface area contributed by atoms with Crippen molar-refractivity contribution in [1.82, 2.24) is 4.98 Å². The maximum Gasteiger partial charge on any atom is 0.129 e. The third-order valence-electron chi connectivity index (χ3n) is 3.05. The topological polar surface area (TPSA) is 42.4 Å². The lowest BCUT2D eigenvalue weighted by molar-refractivity contribution is 0.213. The van der Waals surface area contributed by atoms with Crippen LogP contribution in [0.3, 0.4) is 0 Å². The number of nitrogens with zero attached hydrogens (tertiary/aromatic N) is 1. The van der Waals surface area contributed by atoms with E-state index < -0.39 is 6.10 Å². The fourth-order valence-corrected chi connectivity index (χ4v) is 2.29. The van der Waals surface area contributed by atoms with Crippen LogP contribution in [0.5, 0.6) is 5.75 Å². The molecule has 4 heteroatoms. The van der Waals surface area contributed by atoms with E-state index in [1.54, 1.807) is 25.4 Å². The molecule has 0 bridgehead atoms. The molecule has 0 aliphatic rings. The van der Waals surface area contributed by atoms with E-state index in [1.807, 2.05) is 26.0 Å². The minimum atomic E-state index is -0.777. The second-order valence-electron chi connectivity index (χ2n) is 4.51. The first-order valence-corrected chi connectivity index (χ1v) is 6.35. The van der Waals surface area contributed by atoms with E-state index in [-0.39, 0.29) is 0 Å². The van der Waals surface area contributed by atoms with Gasteiger partial charge in [-0.05, 0) is 37.1 Å². The molecule has 19 heavy (non-hydrogen) atoms. The van der Waals surface area contributed by atoms with Crippen molar-refractivity contribution in [2.45, 2.75) is 20.0 Å². The molecule has 1 atom stereocenters. The van der Waals surface area contributed by atoms with E-state index in [2.05, 4.69) is 4.98 Å². The van der Waals surface area contributed by atoms with Crippen LogP contribution in [0, 0.1) is 13.8 Å². The Balaban J connectivity index is 2.49. The third-order valence-corrected chi connectivity index (χ3v) is 3.28. The van der Waals surface area contributed by atoms with Gasteiger partial charge in [0.1, 0.15) is 17.0 Å². The molecular weight excluding hydrogens is 262 g/mol. The van der Waals surface area contributed by atoms with Gasteiger partial charge in [-0.25, -0.2) is 4.98 Å². The molecule has 0 amide bonds. The molecule has 1 aromatic heterocycles. The summed E-state index contributed by atoms with van der Waals surface area (Å²) >= 11 is 5.76. The smallest absolute Gasteiger partial charge is 0.129 e. The van der Waals surface area contributed by atoms with E-state index in [4.69, 9.17) is 16.3 Å². The van der Waals surface area contributed by atoms with Crippen molar-refractivity contribution in [3.63, 3.8) is 0 Å². The molecule has 1 N–H and O–H groups in total. The summed E-state index contributed by atoms with van der Waals surface area (Å²) in [5, 5.41) is 10.9. The lowest BCUT2D eigenvalue weighted by Crippen LogP contribution is -2.05. The van der Waals surface area contributed by atoms with Crippen LogP contribution in [0.15, 0.2) is 30.5 Å². The second-order valence-corrected chi connectivity index (χ2v) is 4.90. The van der Waals surface area contributed by atoms with Gasteiger partial charge in [0.25, 0.3) is 0 Å². The van der Waals surface area contributed by atoms with Crippen LogP contribution in [-0.4, -0.2) is 17.2 Å². The zero-order valence-electron chi connectivity index (χ0n) is 11.1. The number of hydrogen-bond acceptors (Lipinski definition) is 3. The lowest BCUT2D eigenvalue weighted by Gasteiger charge is -2.18. The summed E-state index contributed by atoms with van der Waals surface area (Å²) in [6.07, 6.45) is 0.798. The Morgan fingerprint density at radius 1 is 1.26 bits per heavy atom. The Morgan fingerprint density at radius 2 is 2.00 bits per heavy atom. The van der Waals surface area contributed by atoms with Crippen molar-refractivity contribution >= 4 is 11.6 Å². The molecule has 1 aromatic carbocycles. The summed E-state index contributed by atoms with van der Waals surface area (Å²) in [4.78, 5) is 3.99. The lowest BCUT2D eigenvalue weighted by atomic mass is 9.96. The number of pyridine rings is 1. The van der Waals surface area contributed by atoms with Crippen molar-refractivity contribution in [1.29, 1.82) is 0 Å². The molecule has 100 valence electrons. The second kappa shape index (κ2) is 5.59. The van der Waals surface area contributed by atoms with Gasteiger partial charge in [0, 0.05) is 17.3 Å².